The normalized spacial score (nSPS) is 9.92. The van der Waals surface area contributed by atoms with Crippen LogP contribution in [0.4, 0.5) is 22.7 Å². The summed E-state index contributed by atoms with van der Waals surface area (Å²) in [6.07, 6.45) is 0. The van der Waals surface area contributed by atoms with Gasteiger partial charge in [0.2, 0.25) is 0 Å². The summed E-state index contributed by atoms with van der Waals surface area (Å²) in [4.78, 5) is 54.1. The zero-order valence-corrected chi connectivity index (χ0v) is 11.7. The van der Waals surface area contributed by atoms with Gasteiger partial charge >= 0.3 is 11.4 Å². The van der Waals surface area contributed by atoms with E-state index in [1.165, 1.54) is 0 Å². The SMILES string of the molecule is O=[N+]([O-])OCCN(c1c([N+](=O)[O-])cc([N+](=O)[O-])cc1[N+](=O)[O-])[N+](=O)[O-]. The lowest BCUT2D eigenvalue weighted by atomic mass is 10.2. The summed E-state index contributed by atoms with van der Waals surface area (Å²) >= 11 is 0. The van der Waals surface area contributed by atoms with Gasteiger partial charge in [-0.3, -0.25) is 30.3 Å². The average molecular weight is 362 g/mol. The van der Waals surface area contributed by atoms with Crippen LogP contribution in [-0.2, 0) is 4.84 Å². The van der Waals surface area contributed by atoms with Crippen molar-refractivity contribution in [1.29, 1.82) is 0 Å². The van der Waals surface area contributed by atoms with Crippen LogP contribution in [0, 0.1) is 50.6 Å². The first kappa shape index (κ1) is 18.9. The highest BCUT2D eigenvalue weighted by atomic mass is 16.9. The number of hydrogen-bond acceptors (Lipinski definition) is 11. The Morgan fingerprint density at radius 2 is 1.32 bits per heavy atom. The quantitative estimate of drug-likeness (QED) is 0.434. The highest BCUT2D eigenvalue weighted by molar-refractivity contribution is 5.77. The molecule has 1 rings (SSSR count). The topological polar surface area (TPSA) is 228 Å². The summed E-state index contributed by atoms with van der Waals surface area (Å²) < 4.78 is 0. The molecule has 1 aromatic carbocycles. The second-order valence-corrected chi connectivity index (χ2v) is 4.02. The molecule has 0 aliphatic carbocycles. The Bertz CT molecular complexity index is 728. The van der Waals surface area contributed by atoms with Crippen molar-refractivity contribution in [3.63, 3.8) is 0 Å². The van der Waals surface area contributed by atoms with Crippen LogP contribution in [-0.4, -0.2) is 38.0 Å². The van der Waals surface area contributed by atoms with E-state index in [2.05, 4.69) is 4.84 Å². The highest BCUT2D eigenvalue weighted by Gasteiger charge is 2.39. The Morgan fingerprint density at radius 1 is 0.840 bits per heavy atom. The van der Waals surface area contributed by atoms with Gasteiger partial charge in [0.25, 0.3) is 16.5 Å². The first-order valence-electron chi connectivity index (χ1n) is 5.86. The van der Waals surface area contributed by atoms with Gasteiger partial charge in [0, 0.05) is 0 Å². The number of non-ortho nitro benzene ring substituents is 1. The fourth-order valence-corrected chi connectivity index (χ4v) is 1.71. The molecule has 25 heavy (non-hydrogen) atoms. The number of nitro benzene ring substituents is 3. The number of rotatable bonds is 9. The summed E-state index contributed by atoms with van der Waals surface area (Å²) in [6, 6.07) is 0.598. The minimum atomic E-state index is -1.30. The molecule has 0 aromatic heterocycles. The third-order valence-corrected chi connectivity index (χ3v) is 2.61. The number of nitro groups is 4. The molecule has 0 heterocycles. The van der Waals surface area contributed by atoms with E-state index in [0.717, 1.165) is 0 Å². The molecular formula is C8H6N6O11. The predicted octanol–water partition coefficient (Wildman–Crippen LogP) is 0.618. The molecule has 1 aromatic rings. The minimum Gasteiger partial charge on any atom is -0.312 e. The molecule has 0 saturated carbocycles. The number of hydrogen-bond donors (Lipinski definition) is 0. The molecule has 0 saturated heterocycles. The van der Waals surface area contributed by atoms with Gasteiger partial charge in [0.15, 0.2) is 5.03 Å². The summed E-state index contributed by atoms with van der Waals surface area (Å²) in [5.74, 6) is 0. The monoisotopic (exact) mass is 362 g/mol. The maximum absolute atomic E-state index is 11.1. The molecule has 134 valence electrons. The average Bonchev–Trinajstić information content (AvgIpc) is 2.49. The zero-order chi connectivity index (χ0) is 19.3. The molecule has 0 atom stereocenters. The van der Waals surface area contributed by atoms with Crippen molar-refractivity contribution in [2.24, 2.45) is 0 Å². The van der Waals surface area contributed by atoms with Gasteiger partial charge in [-0.25, -0.2) is 10.1 Å². The lowest BCUT2D eigenvalue weighted by molar-refractivity contribution is -0.757. The van der Waals surface area contributed by atoms with E-state index < -0.39 is 60.8 Å². The van der Waals surface area contributed by atoms with E-state index in [4.69, 9.17) is 0 Å². The Morgan fingerprint density at radius 3 is 1.64 bits per heavy atom. The van der Waals surface area contributed by atoms with Gasteiger partial charge in [-0.1, -0.05) is 5.01 Å². The molecule has 0 radical (unpaired) electrons. The molecule has 0 aliphatic rings. The van der Waals surface area contributed by atoms with Crippen molar-refractivity contribution in [2.75, 3.05) is 18.2 Å². The van der Waals surface area contributed by atoms with E-state index in [1.54, 1.807) is 0 Å². The second-order valence-electron chi connectivity index (χ2n) is 4.02. The Kier molecular flexibility index (Phi) is 5.58. The largest absolute Gasteiger partial charge is 0.312 e. The van der Waals surface area contributed by atoms with Crippen LogP contribution in [0.1, 0.15) is 0 Å². The molecule has 0 amide bonds. The van der Waals surface area contributed by atoms with Crippen molar-refractivity contribution >= 4 is 22.7 Å². The van der Waals surface area contributed by atoms with Gasteiger partial charge in [-0.2, -0.15) is 0 Å². The van der Waals surface area contributed by atoms with Gasteiger partial charge < -0.3 is 4.84 Å². The van der Waals surface area contributed by atoms with Gasteiger partial charge in [0.1, 0.15) is 13.2 Å². The standard InChI is InChI=1S/C8H6N6O11/c15-10(16)5-3-6(11(17)18)8(7(4-5)12(19)20)9(13(21)22)1-2-25-14(23)24/h3-4H,1-2H2. The van der Waals surface area contributed by atoms with Gasteiger partial charge in [-0.15, -0.1) is 10.1 Å². The van der Waals surface area contributed by atoms with E-state index in [9.17, 15) is 50.6 Å². The van der Waals surface area contributed by atoms with Crippen LogP contribution in [0.25, 0.3) is 0 Å². The van der Waals surface area contributed by atoms with E-state index >= 15 is 0 Å². The number of benzene rings is 1. The van der Waals surface area contributed by atoms with Crippen molar-refractivity contribution in [3.05, 3.63) is 62.7 Å². The molecule has 0 fully saturated rings. The maximum atomic E-state index is 11.1. The third kappa shape index (κ3) is 4.40. The highest BCUT2D eigenvalue weighted by Crippen LogP contribution is 2.40. The molecular weight excluding hydrogens is 356 g/mol. The fourth-order valence-electron chi connectivity index (χ4n) is 1.71. The number of anilines is 1. The summed E-state index contributed by atoms with van der Waals surface area (Å²) in [6.45, 7) is -1.92. The van der Waals surface area contributed by atoms with Crippen LogP contribution < -0.4 is 5.01 Å². The first-order valence-corrected chi connectivity index (χ1v) is 5.86. The van der Waals surface area contributed by atoms with E-state index in [0.29, 0.717) is 12.1 Å². The fraction of sp³-hybridized carbons (Fsp3) is 0.250. The lowest BCUT2D eigenvalue weighted by Gasteiger charge is -2.13. The predicted molar refractivity (Wildman–Crippen MR) is 73.7 cm³/mol. The molecule has 0 bridgehead atoms. The van der Waals surface area contributed by atoms with E-state index in [-0.39, 0.29) is 5.01 Å². The Hall–Kier alpha value is -4.18. The Labute approximate surface area is 134 Å². The first-order chi connectivity index (χ1) is 11.6. The summed E-state index contributed by atoms with van der Waals surface area (Å²) in [5, 5.41) is 51.2. The molecule has 0 unspecified atom stereocenters. The maximum Gasteiger partial charge on any atom is 0.312 e. The van der Waals surface area contributed by atoms with Crippen molar-refractivity contribution in [2.45, 2.75) is 0 Å². The minimum absolute atomic E-state index is 0.135. The van der Waals surface area contributed by atoms with Crippen molar-refractivity contribution in [3.8, 4) is 0 Å². The summed E-state index contributed by atoms with van der Waals surface area (Å²) in [5.41, 5.74) is -4.80. The second kappa shape index (κ2) is 7.39. The number of hydrazine groups is 1. The van der Waals surface area contributed by atoms with Crippen LogP contribution in [0.5, 0.6) is 0 Å². The Balaban J connectivity index is 3.58. The number of nitrogens with zero attached hydrogens (tertiary/aromatic N) is 6. The van der Waals surface area contributed by atoms with E-state index in [1.807, 2.05) is 0 Å². The van der Waals surface area contributed by atoms with Crippen LogP contribution in [0.15, 0.2) is 12.1 Å². The third-order valence-electron chi connectivity index (χ3n) is 2.61. The van der Waals surface area contributed by atoms with Gasteiger partial charge in [0.05, 0.1) is 26.9 Å². The lowest BCUT2D eigenvalue weighted by Crippen LogP contribution is -2.34. The molecule has 0 N–H and O–H groups in total. The van der Waals surface area contributed by atoms with Crippen LogP contribution in [0.2, 0.25) is 0 Å². The smallest absolute Gasteiger partial charge is 0.312 e. The molecule has 0 aliphatic heterocycles. The van der Waals surface area contributed by atoms with Crippen LogP contribution in [0.3, 0.4) is 0 Å². The summed E-state index contributed by atoms with van der Waals surface area (Å²) in [7, 11) is 0. The van der Waals surface area contributed by atoms with Crippen LogP contribution >= 0.6 is 0 Å². The molecule has 17 heteroatoms. The molecule has 17 nitrogen and oxygen atoms in total. The van der Waals surface area contributed by atoms with Gasteiger partial charge in [-0.05, 0) is 0 Å². The zero-order valence-electron chi connectivity index (χ0n) is 11.7. The molecule has 0 spiro atoms. The van der Waals surface area contributed by atoms with Crippen molar-refractivity contribution < 1.29 is 29.7 Å². The van der Waals surface area contributed by atoms with Crippen molar-refractivity contribution in [1.82, 2.24) is 0 Å².